The summed E-state index contributed by atoms with van der Waals surface area (Å²) in [6.45, 7) is 4.54. The average Bonchev–Trinajstić information content (AvgIpc) is 3.37. The molecule has 0 unspecified atom stereocenters. The number of carbonyl (C=O) groups is 1. The van der Waals surface area contributed by atoms with Gasteiger partial charge in [0.15, 0.2) is 5.13 Å². The molecule has 0 bridgehead atoms. The predicted molar refractivity (Wildman–Crippen MR) is 113 cm³/mol. The topological polar surface area (TPSA) is 84.2 Å². The Kier molecular flexibility index (Phi) is 5.71. The molecule has 1 aliphatic heterocycles. The van der Waals surface area contributed by atoms with Crippen LogP contribution in [0.5, 0.6) is 0 Å². The van der Waals surface area contributed by atoms with Crippen molar-refractivity contribution < 1.29 is 9.21 Å². The van der Waals surface area contributed by atoms with E-state index >= 15 is 0 Å². The molecule has 0 aromatic carbocycles. The van der Waals surface area contributed by atoms with Gasteiger partial charge in [0.05, 0.1) is 23.7 Å². The van der Waals surface area contributed by atoms with E-state index in [1.54, 1.807) is 24.5 Å². The minimum Gasteiger partial charge on any atom is -0.465 e. The van der Waals surface area contributed by atoms with Crippen molar-refractivity contribution in [2.24, 2.45) is 0 Å². The Balaban J connectivity index is 1.56. The van der Waals surface area contributed by atoms with Gasteiger partial charge in [0.2, 0.25) is 5.91 Å². The molecule has 0 radical (unpaired) electrons. The number of rotatable bonds is 5. The second kappa shape index (κ2) is 8.57. The number of amides is 1. The van der Waals surface area contributed by atoms with Crippen LogP contribution in [0.1, 0.15) is 48.3 Å². The van der Waals surface area contributed by atoms with Crippen molar-refractivity contribution in [3.63, 3.8) is 0 Å². The maximum Gasteiger partial charge on any atom is 0.247 e. The predicted octanol–water partition coefficient (Wildman–Crippen LogP) is 4.65. The third kappa shape index (κ3) is 4.71. The molecule has 1 N–H and O–H groups in total. The summed E-state index contributed by atoms with van der Waals surface area (Å²) in [6.07, 6.45) is 7.81. The monoisotopic (exact) mass is 409 g/mol. The fourth-order valence-electron chi connectivity index (χ4n) is 3.48. The van der Waals surface area contributed by atoms with Gasteiger partial charge >= 0.3 is 0 Å². The molecule has 1 aliphatic rings. The standard InChI is InChI=1S/C21H23N5O2S/c1-14-13-29-21(22-14)25-19-12-17(23-15(2)24-19)18-7-3-4-10-26(18)20(27)9-8-16-6-5-11-28-16/h5-6,8-9,11-13,18H,3-4,7,10H2,1-2H3,(H,22,23,24,25)/b9-8+/t18-/m1/s1. The van der Waals surface area contributed by atoms with Crippen LogP contribution in [-0.2, 0) is 4.79 Å². The van der Waals surface area contributed by atoms with Crippen LogP contribution in [0.3, 0.4) is 0 Å². The highest BCUT2D eigenvalue weighted by Crippen LogP contribution is 2.32. The molecule has 1 saturated heterocycles. The Hall–Kier alpha value is -3.00. The van der Waals surface area contributed by atoms with E-state index in [0.29, 0.717) is 23.9 Å². The van der Waals surface area contributed by atoms with E-state index in [1.807, 2.05) is 36.3 Å². The number of hydrogen-bond donors (Lipinski definition) is 1. The van der Waals surface area contributed by atoms with Crippen molar-refractivity contribution in [1.29, 1.82) is 0 Å². The van der Waals surface area contributed by atoms with Crippen LogP contribution in [-0.4, -0.2) is 32.3 Å². The number of piperidine rings is 1. The van der Waals surface area contributed by atoms with E-state index < -0.39 is 0 Å². The lowest BCUT2D eigenvalue weighted by atomic mass is 9.98. The zero-order chi connectivity index (χ0) is 20.2. The van der Waals surface area contributed by atoms with Gasteiger partial charge in [0.25, 0.3) is 0 Å². The van der Waals surface area contributed by atoms with E-state index in [2.05, 4.69) is 20.3 Å². The second-order valence-corrected chi connectivity index (χ2v) is 7.89. The van der Waals surface area contributed by atoms with Gasteiger partial charge in [-0.05, 0) is 51.3 Å². The van der Waals surface area contributed by atoms with E-state index in [1.165, 1.54) is 11.3 Å². The number of thiazole rings is 1. The second-order valence-electron chi connectivity index (χ2n) is 7.04. The van der Waals surface area contributed by atoms with Crippen molar-refractivity contribution in [3.8, 4) is 0 Å². The SMILES string of the molecule is Cc1csc(Nc2cc([C@H]3CCCCN3C(=O)/C=C/c3ccco3)nc(C)n2)n1. The van der Waals surface area contributed by atoms with Crippen molar-refractivity contribution >= 4 is 34.3 Å². The molecule has 0 spiro atoms. The molecule has 150 valence electrons. The molecule has 7 nitrogen and oxygen atoms in total. The summed E-state index contributed by atoms with van der Waals surface area (Å²) in [5.41, 5.74) is 1.82. The van der Waals surface area contributed by atoms with Crippen LogP contribution in [0.2, 0.25) is 0 Å². The summed E-state index contributed by atoms with van der Waals surface area (Å²) in [4.78, 5) is 28.3. The Bertz CT molecular complexity index is 1010. The number of nitrogens with zero attached hydrogens (tertiary/aromatic N) is 4. The van der Waals surface area contributed by atoms with E-state index in [4.69, 9.17) is 4.42 Å². The largest absolute Gasteiger partial charge is 0.465 e. The minimum atomic E-state index is -0.0715. The number of carbonyl (C=O) groups excluding carboxylic acids is 1. The molecular weight excluding hydrogens is 386 g/mol. The summed E-state index contributed by atoms with van der Waals surface area (Å²) < 4.78 is 5.28. The van der Waals surface area contributed by atoms with Gasteiger partial charge < -0.3 is 14.6 Å². The van der Waals surface area contributed by atoms with Crippen molar-refractivity contribution in [2.75, 3.05) is 11.9 Å². The molecule has 3 aromatic heterocycles. The smallest absolute Gasteiger partial charge is 0.247 e. The maximum absolute atomic E-state index is 12.9. The number of nitrogens with one attached hydrogen (secondary N) is 1. The van der Waals surface area contributed by atoms with Crippen LogP contribution in [0.15, 0.2) is 40.3 Å². The Morgan fingerprint density at radius 1 is 1.31 bits per heavy atom. The van der Waals surface area contributed by atoms with E-state index in [9.17, 15) is 4.79 Å². The highest BCUT2D eigenvalue weighted by atomic mass is 32.1. The number of aryl methyl sites for hydroxylation is 2. The summed E-state index contributed by atoms with van der Waals surface area (Å²) in [6, 6.07) is 5.48. The van der Waals surface area contributed by atoms with Crippen LogP contribution < -0.4 is 5.32 Å². The van der Waals surface area contributed by atoms with Gasteiger partial charge in [0.1, 0.15) is 17.4 Å². The number of hydrogen-bond acceptors (Lipinski definition) is 7. The summed E-state index contributed by atoms with van der Waals surface area (Å²) in [7, 11) is 0. The van der Waals surface area contributed by atoms with Crippen LogP contribution in [0, 0.1) is 13.8 Å². The van der Waals surface area contributed by atoms with Gasteiger partial charge in [-0.15, -0.1) is 11.3 Å². The maximum atomic E-state index is 12.9. The van der Waals surface area contributed by atoms with Gasteiger partial charge in [0, 0.05) is 24.1 Å². The molecule has 0 aliphatic carbocycles. The van der Waals surface area contributed by atoms with Gasteiger partial charge in [-0.1, -0.05) is 0 Å². The van der Waals surface area contributed by atoms with Crippen LogP contribution in [0.25, 0.3) is 6.08 Å². The lowest BCUT2D eigenvalue weighted by Gasteiger charge is -2.35. The number of anilines is 2. The Morgan fingerprint density at radius 3 is 2.97 bits per heavy atom. The number of aromatic nitrogens is 3. The molecule has 4 heterocycles. The zero-order valence-electron chi connectivity index (χ0n) is 16.5. The lowest BCUT2D eigenvalue weighted by molar-refractivity contribution is -0.129. The Labute approximate surface area is 173 Å². The van der Waals surface area contributed by atoms with Crippen molar-refractivity contribution in [3.05, 3.63) is 58.9 Å². The van der Waals surface area contributed by atoms with Crippen molar-refractivity contribution in [1.82, 2.24) is 19.9 Å². The average molecular weight is 410 g/mol. The van der Waals surface area contributed by atoms with Crippen molar-refractivity contribution in [2.45, 2.75) is 39.2 Å². The first-order valence-corrected chi connectivity index (χ1v) is 10.5. The summed E-state index contributed by atoms with van der Waals surface area (Å²) in [5, 5.41) is 6.05. The number of likely N-dealkylation sites (tertiary alicyclic amines) is 1. The zero-order valence-corrected chi connectivity index (χ0v) is 17.3. The highest BCUT2D eigenvalue weighted by molar-refractivity contribution is 7.13. The van der Waals surface area contributed by atoms with Crippen LogP contribution >= 0.6 is 11.3 Å². The molecule has 1 atom stereocenters. The fourth-order valence-corrected chi connectivity index (χ4v) is 4.18. The van der Waals surface area contributed by atoms with Gasteiger partial charge in [-0.25, -0.2) is 15.0 Å². The molecule has 29 heavy (non-hydrogen) atoms. The van der Waals surface area contributed by atoms with Gasteiger partial charge in [-0.3, -0.25) is 4.79 Å². The fraction of sp³-hybridized carbons (Fsp3) is 0.333. The molecule has 1 amide bonds. The first-order valence-electron chi connectivity index (χ1n) is 9.65. The van der Waals surface area contributed by atoms with Gasteiger partial charge in [-0.2, -0.15) is 0 Å². The van der Waals surface area contributed by atoms with E-state index in [0.717, 1.165) is 35.8 Å². The molecular formula is C21H23N5O2S. The highest BCUT2D eigenvalue weighted by Gasteiger charge is 2.28. The number of furan rings is 1. The summed E-state index contributed by atoms with van der Waals surface area (Å²) in [5.74, 6) is 2.00. The molecule has 0 saturated carbocycles. The summed E-state index contributed by atoms with van der Waals surface area (Å²) >= 11 is 1.54. The third-order valence-corrected chi connectivity index (χ3v) is 5.65. The Morgan fingerprint density at radius 2 is 2.21 bits per heavy atom. The van der Waals surface area contributed by atoms with E-state index in [-0.39, 0.29) is 11.9 Å². The first kappa shape index (κ1) is 19.3. The lowest BCUT2D eigenvalue weighted by Crippen LogP contribution is -2.38. The molecule has 1 fully saturated rings. The molecule has 8 heteroatoms. The minimum absolute atomic E-state index is 0.0348. The quantitative estimate of drug-likeness (QED) is 0.617. The molecule has 4 rings (SSSR count). The first-order chi connectivity index (χ1) is 14.1. The third-order valence-electron chi connectivity index (χ3n) is 4.77. The normalized spacial score (nSPS) is 17.0. The molecule has 3 aromatic rings. The van der Waals surface area contributed by atoms with Crippen LogP contribution in [0.4, 0.5) is 10.9 Å².